The van der Waals surface area contributed by atoms with E-state index < -0.39 is 0 Å². The third-order valence-corrected chi connectivity index (χ3v) is 3.86. The van der Waals surface area contributed by atoms with Gasteiger partial charge in [-0.1, -0.05) is 40.9 Å². The van der Waals surface area contributed by atoms with E-state index in [9.17, 15) is 0 Å². The highest BCUT2D eigenvalue weighted by molar-refractivity contribution is 6.41. The van der Waals surface area contributed by atoms with E-state index in [-0.39, 0.29) is 0 Å². The molecule has 0 N–H and O–H groups in total. The number of hydrogen-bond acceptors (Lipinski definition) is 3. The number of benzene rings is 2. The highest BCUT2D eigenvalue weighted by Crippen LogP contribution is 2.34. The summed E-state index contributed by atoms with van der Waals surface area (Å²) >= 11 is 18.3. The second-order valence-electron chi connectivity index (χ2n) is 4.32. The summed E-state index contributed by atoms with van der Waals surface area (Å²) in [5.74, 6) is 1.04. The lowest BCUT2D eigenvalue weighted by Crippen LogP contribution is -1.95. The lowest BCUT2D eigenvalue weighted by atomic mass is 10.1. The van der Waals surface area contributed by atoms with Gasteiger partial charge < -0.3 is 4.74 Å². The second kappa shape index (κ2) is 5.68. The van der Waals surface area contributed by atoms with Crippen molar-refractivity contribution >= 4 is 45.7 Å². The first-order chi connectivity index (χ1) is 10.1. The molecule has 3 aromatic rings. The fourth-order valence-electron chi connectivity index (χ4n) is 2.07. The molecule has 0 fully saturated rings. The van der Waals surface area contributed by atoms with Crippen molar-refractivity contribution < 1.29 is 4.74 Å². The zero-order valence-electron chi connectivity index (χ0n) is 10.9. The van der Waals surface area contributed by atoms with Crippen LogP contribution in [0.2, 0.25) is 15.2 Å². The van der Waals surface area contributed by atoms with Gasteiger partial charge in [0.25, 0.3) is 0 Å². The van der Waals surface area contributed by atoms with E-state index in [4.69, 9.17) is 39.5 Å². The van der Waals surface area contributed by atoms with Crippen molar-refractivity contribution in [3.05, 3.63) is 51.6 Å². The normalized spacial score (nSPS) is 10.9. The summed E-state index contributed by atoms with van der Waals surface area (Å²) in [4.78, 5) is 8.82. The van der Waals surface area contributed by atoms with Crippen LogP contribution in [0, 0.1) is 0 Å². The maximum absolute atomic E-state index is 6.24. The number of nitrogens with zero attached hydrogens (tertiary/aromatic N) is 2. The van der Waals surface area contributed by atoms with Gasteiger partial charge in [0.05, 0.1) is 28.6 Å². The van der Waals surface area contributed by atoms with Crippen molar-refractivity contribution in [2.45, 2.75) is 0 Å². The van der Waals surface area contributed by atoms with Crippen LogP contribution < -0.4 is 4.74 Å². The molecule has 0 radical (unpaired) electrons. The molecule has 0 aliphatic rings. The number of rotatable bonds is 2. The van der Waals surface area contributed by atoms with E-state index in [1.165, 1.54) is 0 Å². The van der Waals surface area contributed by atoms with Gasteiger partial charge in [0, 0.05) is 5.02 Å². The maximum atomic E-state index is 6.24. The summed E-state index contributed by atoms with van der Waals surface area (Å²) in [6, 6.07) is 10.7. The molecule has 0 amide bonds. The van der Waals surface area contributed by atoms with Crippen LogP contribution in [0.15, 0.2) is 36.4 Å². The SMILES string of the molecule is COc1cc(Cl)ccc1-c1nc(Cl)c2c(Cl)cccc2n1. The minimum atomic E-state index is 0.303. The van der Waals surface area contributed by atoms with Gasteiger partial charge in [-0.2, -0.15) is 0 Å². The first kappa shape index (κ1) is 14.4. The number of ether oxygens (including phenoxy) is 1. The van der Waals surface area contributed by atoms with E-state index in [1.54, 1.807) is 31.4 Å². The molecule has 3 nitrogen and oxygen atoms in total. The molecule has 6 heteroatoms. The number of hydrogen-bond donors (Lipinski definition) is 0. The average Bonchev–Trinajstić information content (AvgIpc) is 2.46. The third kappa shape index (κ3) is 2.64. The van der Waals surface area contributed by atoms with Crippen LogP contribution in [-0.4, -0.2) is 17.1 Å². The summed E-state index contributed by atoms with van der Waals surface area (Å²) in [7, 11) is 1.56. The standard InChI is InChI=1S/C15H9Cl3N2O/c1-21-12-7-8(16)5-6-9(12)15-19-11-4-2-3-10(17)13(11)14(18)20-15/h2-7H,1H3. The molecule has 0 saturated carbocycles. The lowest BCUT2D eigenvalue weighted by molar-refractivity contribution is 0.416. The topological polar surface area (TPSA) is 35.0 Å². The number of methoxy groups -OCH3 is 1. The Balaban J connectivity index is 2.27. The molecule has 0 aliphatic carbocycles. The highest BCUT2D eigenvalue weighted by Gasteiger charge is 2.14. The highest BCUT2D eigenvalue weighted by atomic mass is 35.5. The molecule has 0 unspecified atom stereocenters. The molecule has 0 saturated heterocycles. The summed E-state index contributed by atoms with van der Waals surface area (Å²) in [6.07, 6.45) is 0. The number of fused-ring (bicyclic) bond motifs is 1. The largest absolute Gasteiger partial charge is 0.496 e. The van der Waals surface area contributed by atoms with Crippen molar-refractivity contribution in [3.8, 4) is 17.1 Å². The minimum Gasteiger partial charge on any atom is -0.496 e. The summed E-state index contributed by atoms with van der Waals surface area (Å²) < 4.78 is 5.32. The van der Waals surface area contributed by atoms with Crippen molar-refractivity contribution in [1.82, 2.24) is 9.97 Å². The minimum absolute atomic E-state index is 0.303. The molecule has 2 aromatic carbocycles. The average molecular weight is 340 g/mol. The van der Waals surface area contributed by atoms with Gasteiger partial charge >= 0.3 is 0 Å². The van der Waals surface area contributed by atoms with Gasteiger partial charge in [-0.15, -0.1) is 0 Å². The van der Waals surface area contributed by atoms with Crippen molar-refractivity contribution in [1.29, 1.82) is 0 Å². The lowest BCUT2D eigenvalue weighted by Gasteiger charge is -2.10. The fourth-order valence-corrected chi connectivity index (χ4v) is 2.82. The van der Waals surface area contributed by atoms with Crippen LogP contribution in [0.5, 0.6) is 5.75 Å². The molecular formula is C15H9Cl3N2O. The molecule has 0 spiro atoms. The zero-order valence-corrected chi connectivity index (χ0v) is 13.2. The summed E-state index contributed by atoms with van der Waals surface area (Å²) in [5.41, 5.74) is 1.39. The predicted molar refractivity (Wildman–Crippen MR) is 86.6 cm³/mol. The summed E-state index contributed by atoms with van der Waals surface area (Å²) in [6.45, 7) is 0. The Kier molecular flexibility index (Phi) is 3.89. The van der Waals surface area contributed by atoms with Crippen LogP contribution in [0.4, 0.5) is 0 Å². The van der Waals surface area contributed by atoms with Crippen LogP contribution in [0.25, 0.3) is 22.3 Å². The van der Waals surface area contributed by atoms with Crippen LogP contribution in [0.1, 0.15) is 0 Å². The number of aromatic nitrogens is 2. The van der Waals surface area contributed by atoms with E-state index in [2.05, 4.69) is 9.97 Å². The van der Waals surface area contributed by atoms with Crippen molar-refractivity contribution in [3.63, 3.8) is 0 Å². The molecule has 1 aromatic heterocycles. The quantitative estimate of drug-likeness (QED) is 0.597. The Morgan fingerprint density at radius 3 is 2.57 bits per heavy atom. The summed E-state index contributed by atoms with van der Waals surface area (Å²) in [5, 5.41) is 2.03. The third-order valence-electron chi connectivity index (χ3n) is 3.03. The van der Waals surface area contributed by atoms with Crippen molar-refractivity contribution in [2.75, 3.05) is 7.11 Å². The second-order valence-corrected chi connectivity index (χ2v) is 5.52. The molecule has 1 heterocycles. The molecule has 106 valence electrons. The monoisotopic (exact) mass is 338 g/mol. The fraction of sp³-hybridized carbons (Fsp3) is 0.0667. The van der Waals surface area contributed by atoms with Gasteiger partial charge in [0.1, 0.15) is 10.9 Å². The van der Waals surface area contributed by atoms with E-state index in [1.807, 2.05) is 12.1 Å². The first-order valence-corrected chi connectivity index (χ1v) is 7.19. The Hall–Kier alpha value is -1.55. The molecule has 0 bridgehead atoms. The Bertz CT molecular complexity index is 837. The van der Waals surface area contributed by atoms with Gasteiger partial charge in [-0.05, 0) is 30.3 Å². The van der Waals surface area contributed by atoms with Gasteiger partial charge in [-0.3, -0.25) is 0 Å². The van der Waals surface area contributed by atoms with Gasteiger partial charge in [0.15, 0.2) is 5.82 Å². The van der Waals surface area contributed by atoms with Gasteiger partial charge in [0.2, 0.25) is 0 Å². The maximum Gasteiger partial charge on any atom is 0.165 e. The zero-order chi connectivity index (χ0) is 15.0. The van der Waals surface area contributed by atoms with Crippen LogP contribution in [-0.2, 0) is 0 Å². The first-order valence-electron chi connectivity index (χ1n) is 6.06. The number of halogens is 3. The van der Waals surface area contributed by atoms with Gasteiger partial charge in [-0.25, -0.2) is 9.97 Å². The van der Waals surface area contributed by atoms with Crippen LogP contribution >= 0.6 is 34.8 Å². The molecular weight excluding hydrogens is 331 g/mol. The molecule has 21 heavy (non-hydrogen) atoms. The van der Waals surface area contributed by atoms with E-state index in [0.29, 0.717) is 43.2 Å². The Morgan fingerprint density at radius 1 is 1.00 bits per heavy atom. The Labute approximate surface area is 136 Å². The molecule has 0 atom stereocenters. The smallest absolute Gasteiger partial charge is 0.165 e. The van der Waals surface area contributed by atoms with Crippen molar-refractivity contribution in [2.24, 2.45) is 0 Å². The van der Waals surface area contributed by atoms with Crippen LogP contribution in [0.3, 0.4) is 0 Å². The van der Waals surface area contributed by atoms with E-state index in [0.717, 1.165) is 0 Å². The Morgan fingerprint density at radius 2 is 1.81 bits per heavy atom. The molecule has 0 aliphatic heterocycles. The van der Waals surface area contributed by atoms with E-state index >= 15 is 0 Å². The predicted octanol–water partition coefficient (Wildman–Crippen LogP) is 5.27. The molecule has 3 rings (SSSR count).